The maximum absolute atomic E-state index is 13.7. The number of amides is 1. The van der Waals surface area contributed by atoms with E-state index in [-0.39, 0.29) is 23.5 Å². The van der Waals surface area contributed by atoms with Gasteiger partial charge < -0.3 is 20.2 Å². The van der Waals surface area contributed by atoms with E-state index in [2.05, 4.69) is 22.2 Å². The van der Waals surface area contributed by atoms with Crippen molar-refractivity contribution in [2.45, 2.75) is 38.6 Å². The van der Waals surface area contributed by atoms with Gasteiger partial charge in [-0.05, 0) is 38.8 Å². The summed E-state index contributed by atoms with van der Waals surface area (Å²) in [6.45, 7) is 3.95. The molecule has 0 spiro atoms. The zero-order valence-corrected chi connectivity index (χ0v) is 15.7. The van der Waals surface area contributed by atoms with Gasteiger partial charge in [0.1, 0.15) is 17.4 Å². The Balaban J connectivity index is 1.64. The number of primary amides is 1. The molecule has 1 aliphatic rings. The molecule has 28 heavy (non-hydrogen) atoms. The van der Waals surface area contributed by atoms with Crippen molar-refractivity contribution < 1.29 is 18.3 Å². The van der Waals surface area contributed by atoms with Gasteiger partial charge in [-0.3, -0.25) is 4.79 Å². The SMILES string of the molecule is Cc1oc2nc(CCOc3ccccc3F)nc(NC3(C)CC3)c2c1C(N)=O. The van der Waals surface area contributed by atoms with Gasteiger partial charge in [-0.1, -0.05) is 12.1 Å². The molecule has 0 aliphatic heterocycles. The third-order valence-corrected chi connectivity index (χ3v) is 4.86. The number of halogens is 1. The number of nitrogens with zero attached hydrogens (tertiary/aromatic N) is 2. The normalized spacial score (nSPS) is 14.8. The number of carbonyl (C=O) groups excluding carboxylic acids is 1. The standard InChI is InChI=1S/C20H21FN4O3/c1-11-15(17(22)26)16-18(25-20(2)8-9-20)23-14(24-19(16)28-11)7-10-27-13-6-4-3-5-12(13)21/h3-6H,7-10H2,1-2H3,(H2,22,26)(H,23,24,25). The first-order valence-corrected chi connectivity index (χ1v) is 9.12. The van der Waals surface area contributed by atoms with Crippen molar-refractivity contribution in [3.63, 3.8) is 0 Å². The van der Waals surface area contributed by atoms with E-state index in [4.69, 9.17) is 14.9 Å². The molecule has 3 aromatic rings. The minimum absolute atomic E-state index is 0.0672. The Hall–Kier alpha value is -3.16. The molecule has 1 aromatic carbocycles. The first kappa shape index (κ1) is 18.2. The second kappa shape index (κ2) is 6.78. The number of ether oxygens (including phenoxy) is 1. The van der Waals surface area contributed by atoms with E-state index in [0.717, 1.165) is 12.8 Å². The van der Waals surface area contributed by atoms with E-state index in [1.165, 1.54) is 6.07 Å². The Morgan fingerprint density at radius 1 is 1.36 bits per heavy atom. The second-order valence-corrected chi connectivity index (χ2v) is 7.28. The molecule has 8 heteroatoms. The summed E-state index contributed by atoms with van der Waals surface area (Å²) < 4.78 is 24.8. The Labute approximate surface area is 161 Å². The number of carbonyl (C=O) groups is 1. The molecular weight excluding hydrogens is 363 g/mol. The molecule has 0 atom stereocenters. The first-order valence-electron chi connectivity index (χ1n) is 9.12. The van der Waals surface area contributed by atoms with Gasteiger partial charge >= 0.3 is 0 Å². The maximum atomic E-state index is 13.7. The van der Waals surface area contributed by atoms with Crippen molar-refractivity contribution in [1.29, 1.82) is 0 Å². The van der Waals surface area contributed by atoms with Crippen LogP contribution in [-0.2, 0) is 6.42 Å². The number of para-hydroxylation sites is 1. The summed E-state index contributed by atoms with van der Waals surface area (Å²) in [6.07, 6.45) is 2.36. The molecule has 0 unspecified atom stereocenters. The quantitative estimate of drug-likeness (QED) is 0.647. The third kappa shape index (κ3) is 3.49. The number of benzene rings is 1. The monoisotopic (exact) mass is 384 g/mol. The van der Waals surface area contributed by atoms with E-state index in [9.17, 15) is 9.18 Å². The van der Waals surface area contributed by atoms with Crippen LogP contribution in [0.1, 0.15) is 41.7 Å². The van der Waals surface area contributed by atoms with Crippen LogP contribution in [0.5, 0.6) is 5.75 Å². The van der Waals surface area contributed by atoms with E-state index in [1.54, 1.807) is 25.1 Å². The smallest absolute Gasteiger partial charge is 0.253 e. The predicted octanol–water partition coefficient (Wildman–Crippen LogP) is 3.36. The van der Waals surface area contributed by atoms with Crippen LogP contribution in [0.3, 0.4) is 0 Å². The van der Waals surface area contributed by atoms with Crippen molar-refractivity contribution in [2.75, 3.05) is 11.9 Å². The summed E-state index contributed by atoms with van der Waals surface area (Å²) >= 11 is 0. The van der Waals surface area contributed by atoms with Crippen LogP contribution < -0.4 is 15.8 Å². The number of nitrogens with two attached hydrogens (primary N) is 1. The minimum atomic E-state index is -0.584. The zero-order chi connectivity index (χ0) is 19.9. The topological polar surface area (TPSA) is 103 Å². The fraction of sp³-hybridized carbons (Fsp3) is 0.350. The summed E-state index contributed by atoms with van der Waals surface area (Å²) in [7, 11) is 0. The van der Waals surface area contributed by atoms with Crippen LogP contribution in [0.25, 0.3) is 11.1 Å². The van der Waals surface area contributed by atoms with Crippen molar-refractivity contribution in [3.05, 3.63) is 47.2 Å². The molecule has 1 aliphatic carbocycles. The van der Waals surface area contributed by atoms with Gasteiger partial charge in [0.05, 0.1) is 17.6 Å². The number of fused-ring (bicyclic) bond motifs is 1. The highest BCUT2D eigenvalue weighted by Gasteiger charge is 2.38. The van der Waals surface area contributed by atoms with E-state index in [0.29, 0.717) is 34.9 Å². The Morgan fingerprint density at radius 2 is 2.11 bits per heavy atom. The molecule has 146 valence electrons. The van der Waals surface area contributed by atoms with E-state index in [1.807, 2.05) is 0 Å². The molecule has 7 nitrogen and oxygen atoms in total. The lowest BCUT2D eigenvalue weighted by molar-refractivity contribution is 0.1000. The third-order valence-electron chi connectivity index (χ3n) is 4.86. The number of nitrogens with one attached hydrogen (secondary N) is 1. The molecule has 4 rings (SSSR count). The summed E-state index contributed by atoms with van der Waals surface area (Å²) in [5, 5.41) is 3.88. The van der Waals surface area contributed by atoms with Crippen molar-refractivity contribution in [1.82, 2.24) is 9.97 Å². The summed E-state index contributed by atoms with van der Waals surface area (Å²) in [5.74, 6) is 0.574. The van der Waals surface area contributed by atoms with Crippen LogP contribution in [0.2, 0.25) is 0 Å². The number of rotatable bonds is 7. The molecule has 3 N–H and O–H groups in total. The molecule has 2 heterocycles. The van der Waals surface area contributed by atoms with Crippen LogP contribution in [0.15, 0.2) is 28.7 Å². The number of anilines is 1. The highest BCUT2D eigenvalue weighted by molar-refractivity contribution is 6.09. The number of aryl methyl sites for hydroxylation is 1. The van der Waals surface area contributed by atoms with Crippen LogP contribution >= 0.6 is 0 Å². The molecular formula is C20H21FN4O3. The summed E-state index contributed by atoms with van der Waals surface area (Å²) in [6, 6.07) is 6.21. The Bertz CT molecular complexity index is 1060. The predicted molar refractivity (Wildman–Crippen MR) is 102 cm³/mol. The van der Waals surface area contributed by atoms with Gasteiger partial charge in [0.2, 0.25) is 5.71 Å². The number of hydrogen-bond acceptors (Lipinski definition) is 6. The van der Waals surface area contributed by atoms with Gasteiger partial charge in [0.15, 0.2) is 11.6 Å². The fourth-order valence-electron chi connectivity index (χ4n) is 3.07. The average Bonchev–Trinajstić information content (AvgIpc) is 3.24. The highest BCUT2D eigenvalue weighted by Crippen LogP contribution is 2.40. The molecule has 1 saturated carbocycles. The molecule has 2 aromatic heterocycles. The Kier molecular flexibility index (Phi) is 4.41. The number of aromatic nitrogens is 2. The Morgan fingerprint density at radius 3 is 2.79 bits per heavy atom. The second-order valence-electron chi connectivity index (χ2n) is 7.28. The van der Waals surface area contributed by atoms with Gasteiger partial charge in [-0.25, -0.2) is 9.37 Å². The van der Waals surface area contributed by atoms with Gasteiger partial charge in [0.25, 0.3) is 5.91 Å². The largest absolute Gasteiger partial charge is 0.490 e. The lowest BCUT2D eigenvalue weighted by atomic mass is 10.1. The summed E-state index contributed by atoms with van der Waals surface area (Å²) in [4.78, 5) is 20.9. The van der Waals surface area contributed by atoms with Crippen LogP contribution in [-0.4, -0.2) is 28.0 Å². The maximum Gasteiger partial charge on any atom is 0.253 e. The van der Waals surface area contributed by atoms with Gasteiger partial charge in [-0.2, -0.15) is 4.98 Å². The highest BCUT2D eigenvalue weighted by atomic mass is 19.1. The minimum Gasteiger partial charge on any atom is -0.490 e. The fourth-order valence-corrected chi connectivity index (χ4v) is 3.07. The number of hydrogen-bond donors (Lipinski definition) is 2. The number of furan rings is 1. The van der Waals surface area contributed by atoms with Crippen LogP contribution in [0, 0.1) is 12.7 Å². The molecule has 1 fully saturated rings. The zero-order valence-electron chi connectivity index (χ0n) is 15.7. The van der Waals surface area contributed by atoms with E-state index >= 15 is 0 Å². The summed E-state index contributed by atoms with van der Waals surface area (Å²) in [5.41, 5.74) is 6.05. The van der Waals surface area contributed by atoms with Gasteiger partial charge in [-0.15, -0.1) is 0 Å². The van der Waals surface area contributed by atoms with Crippen molar-refractivity contribution in [2.24, 2.45) is 5.73 Å². The van der Waals surface area contributed by atoms with Crippen molar-refractivity contribution in [3.8, 4) is 5.75 Å². The molecule has 0 bridgehead atoms. The van der Waals surface area contributed by atoms with Crippen molar-refractivity contribution >= 4 is 22.8 Å². The lowest BCUT2D eigenvalue weighted by Gasteiger charge is -2.14. The van der Waals surface area contributed by atoms with Crippen LogP contribution in [0.4, 0.5) is 10.2 Å². The molecule has 0 saturated heterocycles. The average molecular weight is 384 g/mol. The first-order chi connectivity index (χ1) is 13.4. The molecule has 1 amide bonds. The lowest BCUT2D eigenvalue weighted by Crippen LogP contribution is -2.19. The molecule has 0 radical (unpaired) electrons. The van der Waals surface area contributed by atoms with E-state index < -0.39 is 11.7 Å². The van der Waals surface area contributed by atoms with Gasteiger partial charge in [0, 0.05) is 12.0 Å².